The van der Waals surface area contributed by atoms with Crippen molar-refractivity contribution in [1.82, 2.24) is 0 Å². The predicted molar refractivity (Wildman–Crippen MR) is 77.0 cm³/mol. The van der Waals surface area contributed by atoms with E-state index in [0.717, 1.165) is 21.2 Å². The van der Waals surface area contributed by atoms with Gasteiger partial charge in [-0.1, -0.05) is 41.9 Å². The van der Waals surface area contributed by atoms with Crippen molar-refractivity contribution in [2.45, 2.75) is 10.8 Å². The van der Waals surface area contributed by atoms with Gasteiger partial charge in [-0.2, -0.15) is 5.26 Å². The number of halogens is 1. The molecule has 3 heteroatoms. The van der Waals surface area contributed by atoms with Gasteiger partial charge in [0.25, 0.3) is 0 Å². The highest BCUT2D eigenvalue weighted by Gasteiger charge is 2.10. The average molecular weight is 274 g/mol. The fraction of sp³-hybridized carbons (Fsp3) is 0.133. The topological polar surface area (TPSA) is 23.8 Å². The molecule has 90 valence electrons. The number of hydrogen-bond acceptors (Lipinski definition) is 2. The van der Waals surface area contributed by atoms with E-state index in [-0.39, 0.29) is 5.92 Å². The lowest BCUT2D eigenvalue weighted by atomic mass is 10.0. The molecule has 0 amide bonds. The van der Waals surface area contributed by atoms with Gasteiger partial charge in [0.1, 0.15) is 0 Å². The van der Waals surface area contributed by atoms with E-state index in [1.165, 1.54) is 0 Å². The van der Waals surface area contributed by atoms with Gasteiger partial charge in [0.05, 0.1) is 12.0 Å². The largest absolute Gasteiger partial charge is 0.198 e. The lowest BCUT2D eigenvalue weighted by Crippen LogP contribution is -1.98. The Morgan fingerprint density at radius 2 is 1.72 bits per heavy atom. The maximum atomic E-state index is 9.22. The summed E-state index contributed by atoms with van der Waals surface area (Å²) in [7, 11) is 0. The van der Waals surface area contributed by atoms with Crippen molar-refractivity contribution >= 4 is 23.4 Å². The number of hydrogen-bond donors (Lipinski definition) is 0. The van der Waals surface area contributed by atoms with Crippen molar-refractivity contribution in [2.75, 3.05) is 5.75 Å². The fourth-order valence-corrected chi connectivity index (χ4v) is 2.68. The lowest BCUT2D eigenvalue weighted by Gasteiger charge is -2.08. The van der Waals surface area contributed by atoms with Crippen LogP contribution in [-0.2, 0) is 0 Å². The first-order chi connectivity index (χ1) is 8.79. The van der Waals surface area contributed by atoms with Gasteiger partial charge >= 0.3 is 0 Å². The Balaban J connectivity index is 2.00. The summed E-state index contributed by atoms with van der Waals surface area (Å²) in [5.41, 5.74) is 1.07. The maximum Gasteiger partial charge on any atom is 0.0806 e. The number of benzene rings is 2. The van der Waals surface area contributed by atoms with Gasteiger partial charge in [-0.15, -0.1) is 11.8 Å². The standard InChI is InChI=1S/C15H12ClNS/c16-14-6-8-15(9-7-14)18-11-13(10-17)12-4-2-1-3-5-12/h1-9,13H,11H2. The number of thioether (sulfide) groups is 1. The molecule has 0 fully saturated rings. The molecule has 0 heterocycles. The third kappa shape index (κ3) is 3.53. The normalized spacial score (nSPS) is 11.8. The molecule has 0 aromatic heterocycles. The molecule has 0 bridgehead atoms. The summed E-state index contributed by atoms with van der Waals surface area (Å²) in [6.45, 7) is 0. The zero-order chi connectivity index (χ0) is 12.8. The number of nitriles is 1. The zero-order valence-corrected chi connectivity index (χ0v) is 11.3. The van der Waals surface area contributed by atoms with Gasteiger partial charge in [-0.25, -0.2) is 0 Å². The second-order valence-corrected chi connectivity index (χ2v) is 5.39. The van der Waals surface area contributed by atoms with Crippen LogP contribution in [0, 0.1) is 11.3 Å². The van der Waals surface area contributed by atoms with Crippen LogP contribution in [0.5, 0.6) is 0 Å². The smallest absolute Gasteiger partial charge is 0.0806 e. The third-order valence-corrected chi connectivity index (χ3v) is 3.95. The van der Waals surface area contributed by atoms with Crippen LogP contribution in [0.25, 0.3) is 0 Å². The first kappa shape index (κ1) is 13.0. The average Bonchev–Trinajstić information content (AvgIpc) is 2.43. The molecule has 0 spiro atoms. The van der Waals surface area contributed by atoms with Crippen LogP contribution in [0.3, 0.4) is 0 Å². The molecular weight excluding hydrogens is 262 g/mol. The fourth-order valence-electron chi connectivity index (χ4n) is 1.60. The van der Waals surface area contributed by atoms with Gasteiger partial charge in [0.15, 0.2) is 0 Å². The molecule has 1 nitrogen and oxygen atoms in total. The van der Waals surface area contributed by atoms with E-state index in [4.69, 9.17) is 11.6 Å². The quantitative estimate of drug-likeness (QED) is 0.751. The molecule has 0 aliphatic carbocycles. The molecule has 0 radical (unpaired) electrons. The van der Waals surface area contributed by atoms with Crippen molar-refractivity contribution in [3.05, 3.63) is 65.2 Å². The molecule has 18 heavy (non-hydrogen) atoms. The predicted octanol–water partition coefficient (Wildman–Crippen LogP) is 4.74. The minimum atomic E-state index is -0.0770. The van der Waals surface area contributed by atoms with Gasteiger partial charge in [0, 0.05) is 15.7 Å². The summed E-state index contributed by atoms with van der Waals surface area (Å²) in [5, 5.41) is 9.95. The van der Waals surface area contributed by atoms with Crippen molar-refractivity contribution in [1.29, 1.82) is 5.26 Å². The van der Waals surface area contributed by atoms with E-state index < -0.39 is 0 Å². The Hall–Kier alpha value is -1.43. The number of nitrogens with zero attached hydrogens (tertiary/aromatic N) is 1. The SMILES string of the molecule is N#CC(CSc1ccc(Cl)cc1)c1ccccc1. The molecule has 0 aliphatic heterocycles. The molecule has 2 aromatic rings. The third-order valence-electron chi connectivity index (χ3n) is 2.59. The highest BCUT2D eigenvalue weighted by Crippen LogP contribution is 2.26. The van der Waals surface area contributed by atoms with Crippen LogP contribution < -0.4 is 0 Å². The maximum absolute atomic E-state index is 9.22. The van der Waals surface area contributed by atoms with E-state index in [9.17, 15) is 5.26 Å². The molecule has 1 unspecified atom stereocenters. The summed E-state index contributed by atoms with van der Waals surface area (Å²) < 4.78 is 0. The summed E-state index contributed by atoms with van der Waals surface area (Å²) >= 11 is 7.51. The van der Waals surface area contributed by atoms with Gasteiger partial charge < -0.3 is 0 Å². The minimum absolute atomic E-state index is 0.0770. The molecule has 0 saturated heterocycles. The van der Waals surface area contributed by atoms with Crippen molar-refractivity contribution in [2.24, 2.45) is 0 Å². The molecular formula is C15H12ClNS. The lowest BCUT2D eigenvalue weighted by molar-refractivity contribution is 0.996. The van der Waals surface area contributed by atoms with Gasteiger partial charge in [0.2, 0.25) is 0 Å². The summed E-state index contributed by atoms with van der Waals surface area (Å²) in [5.74, 6) is 0.675. The highest BCUT2D eigenvalue weighted by atomic mass is 35.5. The second kappa shape index (κ2) is 6.49. The van der Waals surface area contributed by atoms with Gasteiger partial charge in [-0.3, -0.25) is 0 Å². The van der Waals surface area contributed by atoms with E-state index in [1.807, 2.05) is 54.6 Å². The zero-order valence-electron chi connectivity index (χ0n) is 9.71. The summed E-state index contributed by atoms with van der Waals surface area (Å²) in [6.07, 6.45) is 0. The summed E-state index contributed by atoms with van der Waals surface area (Å²) in [4.78, 5) is 1.13. The van der Waals surface area contributed by atoms with Crippen LogP contribution in [-0.4, -0.2) is 5.75 Å². The van der Waals surface area contributed by atoms with Gasteiger partial charge in [-0.05, 0) is 29.8 Å². The van der Waals surface area contributed by atoms with E-state index >= 15 is 0 Å². The van der Waals surface area contributed by atoms with Crippen LogP contribution >= 0.6 is 23.4 Å². The Labute approximate surface area is 116 Å². The summed E-state index contributed by atoms with van der Waals surface area (Å²) in [6, 6.07) is 19.9. The number of rotatable bonds is 4. The molecule has 0 saturated carbocycles. The second-order valence-electron chi connectivity index (χ2n) is 3.86. The molecule has 2 aromatic carbocycles. The first-order valence-corrected chi connectivity index (χ1v) is 6.99. The molecule has 0 aliphatic rings. The van der Waals surface area contributed by atoms with Crippen molar-refractivity contribution in [3.63, 3.8) is 0 Å². The van der Waals surface area contributed by atoms with Crippen molar-refractivity contribution in [3.8, 4) is 6.07 Å². The minimum Gasteiger partial charge on any atom is -0.198 e. The Morgan fingerprint density at radius 3 is 2.33 bits per heavy atom. The van der Waals surface area contributed by atoms with Crippen LogP contribution in [0.4, 0.5) is 0 Å². The highest BCUT2D eigenvalue weighted by molar-refractivity contribution is 7.99. The van der Waals surface area contributed by atoms with E-state index in [1.54, 1.807) is 11.8 Å². The Kier molecular flexibility index (Phi) is 4.69. The monoisotopic (exact) mass is 273 g/mol. The van der Waals surface area contributed by atoms with E-state index in [0.29, 0.717) is 0 Å². The Bertz CT molecular complexity index is 531. The van der Waals surface area contributed by atoms with Crippen LogP contribution in [0.2, 0.25) is 5.02 Å². The van der Waals surface area contributed by atoms with Crippen molar-refractivity contribution < 1.29 is 0 Å². The first-order valence-electron chi connectivity index (χ1n) is 5.62. The molecule has 0 N–H and O–H groups in total. The van der Waals surface area contributed by atoms with E-state index in [2.05, 4.69) is 6.07 Å². The Morgan fingerprint density at radius 1 is 1.06 bits per heavy atom. The van der Waals surface area contributed by atoms with Crippen LogP contribution in [0.15, 0.2) is 59.5 Å². The van der Waals surface area contributed by atoms with Crippen LogP contribution in [0.1, 0.15) is 11.5 Å². The molecule has 2 rings (SSSR count). The molecule has 1 atom stereocenters.